The van der Waals surface area contributed by atoms with E-state index in [0.717, 1.165) is 5.06 Å². The van der Waals surface area contributed by atoms with Gasteiger partial charge in [0.25, 0.3) is 0 Å². The van der Waals surface area contributed by atoms with Gasteiger partial charge in [-0.15, -0.1) is 0 Å². The molecule has 0 fully saturated rings. The number of rotatable bonds is 4. The Kier molecular flexibility index (Phi) is 4.94. The largest absolute Gasteiger partial charge is 0.313 e. The molecule has 2 aromatic rings. The fraction of sp³-hybridized carbons (Fsp3) is 0.357. The van der Waals surface area contributed by atoms with Crippen LogP contribution in [0.4, 0.5) is 0 Å². The number of benzene rings is 1. The van der Waals surface area contributed by atoms with Gasteiger partial charge in [-0.25, -0.2) is 4.98 Å². The molecular weight excluding hydrogens is 372 g/mol. The topological polar surface area (TPSA) is 145 Å². The summed E-state index contributed by atoms with van der Waals surface area (Å²) in [4.78, 5) is 3.46. The van der Waals surface area contributed by atoms with Gasteiger partial charge >= 0.3 is 20.2 Å². The predicted molar refractivity (Wildman–Crippen MR) is 88.5 cm³/mol. The minimum absolute atomic E-state index is 0.0327. The second-order valence-electron chi connectivity index (χ2n) is 6.42. The van der Waals surface area contributed by atoms with Gasteiger partial charge in [-0.2, -0.15) is 21.9 Å². The number of hydroxylamine groups is 2. The molecule has 1 aromatic heterocycles. The third kappa shape index (κ3) is 4.14. The number of hydrogen-bond donors (Lipinski definition) is 3. The van der Waals surface area contributed by atoms with Gasteiger partial charge in [0, 0.05) is 16.5 Å². The molecular formula is C14H18N2O7S2. The van der Waals surface area contributed by atoms with E-state index >= 15 is 0 Å². The van der Waals surface area contributed by atoms with Crippen LogP contribution in [0.25, 0.3) is 10.8 Å². The van der Waals surface area contributed by atoms with E-state index in [4.69, 9.17) is 0 Å². The highest BCUT2D eigenvalue weighted by atomic mass is 32.2. The number of aromatic nitrogens is 1. The quantitative estimate of drug-likeness (QED) is 0.524. The average Bonchev–Trinajstić information content (AvgIpc) is 2.43. The van der Waals surface area contributed by atoms with Crippen LogP contribution in [0, 0.1) is 0 Å². The van der Waals surface area contributed by atoms with Crippen molar-refractivity contribution in [2.45, 2.75) is 42.9 Å². The van der Waals surface area contributed by atoms with Crippen molar-refractivity contribution in [1.82, 2.24) is 10.0 Å². The van der Waals surface area contributed by atoms with Crippen molar-refractivity contribution in [3.05, 3.63) is 29.8 Å². The van der Waals surface area contributed by atoms with Crippen LogP contribution in [-0.2, 0) is 26.8 Å². The van der Waals surface area contributed by atoms with Crippen molar-refractivity contribution in [3.63, 3.8) is 0 Å². The molecule has 11 heteroatoms. The molecule has 0 atom stereocenters. The lowest BCUT2D eigenvalue weighted by atomic mass is 10.0. The second-order valence-corrected chi connectivity index (χ2v) is 9.10. The first kappa shape index (κ1) is 19.7. The summed E-state index contributed by atoms with van der Waals surface area (Å²) in [5, 5.41) is 9.26. The molecule has 0 radical (unpaired) electrons. The first-order chi connectivity index (χ1) is 11.2. The number of nitrogens with zero attached hydrogens (tertiary/aromatic N) is 2. The zero-order valence-electron chi connectivity index (χ0n) is 13.7. The van der Waals surface area contributed by atoms with E-state index in [0.29, 0.717) is 0 Å². The van der Waals surface area contributed by atoms with Gasteiger partial charge in [0.05, 0.1) is 6.54 Å². The lowest BCUT2D eigenvalue weighted by molar-refractivity contribution is -0.164. The maximum absolute atomic E-state index is 11.7. The Hall–Kier alpha value is -1.63. The lowest BCUT2D eigenvalue weighted by Crippen LogP contribution is -2.38. The minimum Gasteiger partial charge on any atom is -0.313 e. The van der Waals surface area contributed by atoms with Crippen LogP contribution < -0.4 is 0 Å². The molecule has 1 heterocycles. The molecule has 0 aliphatic rings. The van der Waals surface area contributed by atoms with Gasteiger partial charge in [-0.3, -0.25) is 9.11 Å². The summed E-state index contributed by atoms with van der Waals surface area (Å²) in [6.07, 6.45) is 0. The van der Waals surface area contributed by atoms with E-state index in [1.165, 1.54) is 24.3 Å². The van der Waals surface area contributed by atoms with Gasteiger partial charge in [-0.05, 0) is 26.2 Å². The predicted octanol–water partition coefficient (Wildman–Crippen LogP) is 1.72. The summed E-state index contributed by atoms with van der Waals surface area (Å²) < 4.78 is 65.4. The Morgan fingerprint density at radius 2 is 1.44 bits per heavy atom. The van der Waals surface area contributed by atoms with Crippen LogP contribution >= 0.6 is 0 Å². The van der Waals surface area contributed by atoms with E-state index in [9.17, 15) is 31.1 Å². The third-order valence-electron chi connectivity index (χ3n) is 3.51. The second kappa shape index (κ2) is 6.27. The van der Waals surface area contributed by atoms with Crippen molar-refractivity contribution >= 4 is 31.0 Å². The number of hydrogen-bond acceptors (Lipinski definition) is 7. The van der Waals surface area contributed by atoms with Crippen LogP contribution in [0.1, 0.15) is 26.3 Å². The summed E-state index contributed by atoms with van der Waals surface area (Å²) in [6, 6.07) is 5.75. The van der Waals surface area contributed by atoms with Crippen molar-refractivity contribution in [2.24, 2.45) is 0 Å². The Morgan fingerprint density at radius 1 is 0.960 bits per heavy atom. The first-order valence-corrected chi connectivity index (χ1v) is 9.94. The van der Waals surface area contributed by atoms with Gasteiger partial charge < -0.3 is 5.21 Å². The standard InChI is InChI=1S/C14H18N2O7S2/c1-14(2,3)16(17)8-11-9-6-4-5-7-10(9)12(24(18,19)20)15-13(11)25(21,22)23/h4-7,17H,8H2,1-3H3,(H,18,19,20)(H,21,22,23). The molecule has 0 unspecified atom stereocenters. The van der Waals surface area contributed by atoms with Crippen LogP contribution in [0.5, 0.6) is 0 Å². The van der Waals surface area contributed by atoms with Gasteiger partial charge in [0.2, 0.25) is 0 Å². The molecule has 0 spiro atoms. The highest BCUT2D eigenvalue weighted by Gasteiger charge is 2.29. The normalized spacial score (nSPS) is 13.6. The molecule has 0 bridgehead atoms. The van der Waals surface area contributed by atoms with E-state index < -0.39 is 35.8 Å². The minimum atomic E-state index is -4.92. The Labute approximate surface area is 145 Å². The fourth-order valence-corrected chi connectivity index (χ4v) is 3.63. The monoisotopic (exact) mass is 390 g/mol. The van der Waals surface area contributed by atoms with Crippen molar-refractivity contribution in [1.29, 1.82) is 0 Å². The highest BCUT2D eigenvalue weighted by Crippen LogP contribution is 2.31. The average molecular weight is 390 g/mol. The Bertz CT molecular complexity index is 1030. The number of pyridine rings is 1. The molecule has 2 rings (SSSR count). The summed E-state index contributed by atoms with van der Waals surface area (Å²) >= 11 is 0. The van der Waals surface area contributed by atoms with E-state index in [1.54, 1.807) is 20.8 Å². The molecule has 25 heavy (non-hydrogen) atoms. The summed E-state index contributed by atoms with van der Waals surface area (Å²) in [7, 11) is -9.77. The molecule has 1 aromatic carbocycles. The lowest BCUT2D eigenvalue weighted by Gasteiger charge is -2.30. The maximum Gasteiger partial charge on any atom is 0.312 e. The summed E-state index contributed by atoms with van der Waals surface area (Å²) in [6.45, 7) is 4.66. The molecule has 138 valence electrons. The Morgan fingerprint density at radius 3 is 1.88 bits per heavy atom. The molecule has 0 aliphatic carbocycles. The molecule has 3 N–H and O–H groups in total. The smallest absolute Gasteiger partial charge is 0.312 e. The van der Waals surface area contributed by atoms with Crippen molar-refractivity contribution in [3.8, 4) is 0 Å². The highest BCUT2D eigenvalue weighted by molar-refractivity contribution is 7.86. The zero-order valence-corrected chi connectivity index (χ0v) is 15.3. The fourth-order valence-electron chi connectivity index (χ4n) is 2.22. The van der Waals surface area contributed by atoms with Crippen LogP contribution in [0.3, 0.4) is 0 Å². The molecule has 0 amide bonds. The molecule has 0 aliphatic heterocycles. The van der Waals surface area contributed by atoms with Crippen molar-refractivity contribution < 1.29 is 31.1 Å². The molecule has 0 saturated heterocycles. The summed E-state index contributed by atoms with van der Waals surface area (Å²) in [5.74, 6) is 0. The molecule has 9 nitrogen and oxygen atoms in total. The SMILES string of the molecule is CC(C)(C)N(O)Cc1c(S(=O)(=O)O)nc(S(=O)(=O)O)c2ccccc12. The van der Waals surface area contributed by atoms with Crippen LogP contribution in [-0.4, -0.2) is 46.7 Å². The summed E-state index contributed by atoms with van der Waals surface area (Å²) in [5.41, 5.74) is -0.859. The van der Waals surface area contributed by atoms with E-state index in [-0.39, 0.29) is 22.9 Å². The van der Waals surface area contributed by atoms with Crippen LogP contribution in [0.2, 0.25) is 0 Å². The molecule has 0 saturated carbocycles. The first-order valence-electron chi connectivity index (χ1n) is 7.06. The zero-order chi connectivity index (χ0) is 19.2. The van der Waals surface area contributed by atoms with Gasteiger partial charge in [-0.1, -0.05) is 24.3 Å². The Balaban J connectivity index is 2.93. The number of fused-ring (bicyclic) bond motifs is 1. The van der Waals surface area contributed by atoms with Crippen molar-refractivity contribution in [2.75, 3.05) is 0 Å². The van der Waals surface area contributed by atoms with E-state index in [2.05, 4.69) is 4.98 Å². The third-order valence-corrected chi connectivity index (χ3v) is 5.14. The van der Waals surface area contributed by atoms with Gasteiger partial charge in [0.15, 0.2) is 10.1 Å². The maximum atomic E-state index is 11.7. The van der Waals surface area contributed by atoms with Gasteiger partial charge in [0.1, 0.15) is 0 Å². The van der Waals surface area contributed by atoms with Crippen LogP contribution in [0.15, 0.2) is 34.3 Å². The van der Waals surface area contributed by atoms with E-state index in [1.807, 2.05) is 0 Å².